The molecule has 7 heteroatoms. The first-order valence-electron chi connectivity index (χ1n) is 8.27. The summed E-state index contributed by atoms with van der Waals surface area (Å²) in [4.78, 5) is 12.7. The number of hydrogen-bond acceptors (Lipinski definition) is 6. The van der Waals surface area contributed by atoms with Gasteiger partial charge in [0.25, 0.3) is 0 Å². The first-order chi connectivity index (χ1) is 10.9. The van der Waals surface area contributed by atoms with Gasteiger partial charge in [-0.2, -0.15) is 0 Å². The summed E-state index contributed by atoms with van der Waals surface area (Å²) < 4.78 is 0. The van der Waals surface area contributed by atoms with Gasteiger partial charge in [-0.1, -0.05) is 38.2 Å². The van der Waals surface area contributed by atoms with Crippen LogP contribution in [0.25, 0.3) is 0 Å². The van der Waals surface area contributed by atoms with Gasteiger partial charge in [-0.3, -0.25) is 4.90 Å². The summed E-state index contributed by atoms with van der Waals surface area (Å²) in [6.07, 6.45) is 7.56. The number of nitrogens with one attached hydrogen (secondary N) is 1. The summed E-state index contributed by atoms with van der Waals surface area (Å²) in [6, 6.07) is -0.786. The summed E-state index contributed by atoms with van der Waals surface area (Å²) in [5, 5.41) is 33.7. The molecule has 0 aliphatic rings. The van der Waals surface area contributed by atoms with Crippen molar-refractivity contribution in [1.82, 2.24) is 10.2 Å². The van der Waals surface area contributed by atoms with Crippen LogP contribution < -0.4 is 61.8 Å². The van der Waals surface area contributed by atoms with Crippen molar-refractivity contribution in [2.45, 2.75) is 51.9 Å². The number of aliphatic hydroxyl groups excluding tert-OH is 2. The van der Waals surface area contributed by atoms with Gasteiger partial charge in [0.15, 0.2) is 0 Å². The van der Waals surface area contributed by atoms with E-state index in [1.807, 2.05) is 26.0 Å². The van der Waals surface area contributed by atoms with Gasteiger partial charge in [0.05, 0.1) is 18.2 Å². The fourth-order valence-electron chi connectivity index (χ4n) is 2.02. The summed E-state index contributed by atoms with van der Waals surface area (Å²) in [7, 11) is 0. The van der Waals surface area contributed by atoms with Crippen LogP contribution in [0.4, 0.5) is 0 Å². The molecule has 134 valence electrons. The number of hydrogen-bond donors (Lipinski definition) is 3. The van der Waals surface area contributed by atoms with E-state index in [4.69, 9.17) is 0 Å². The Morgan fingerprint density at radius 2 is 1.71 bits per heavy atom. The van der Waals surface area contributed by atoms with E-state index in [0.717, 1.165) is 12.8 Å². The molecule has 3 atom stereocenters. The Morgan fingerprint density at radius 1 is 1.17 bits per heavy atom. The van der Waals surface area contributed by atoms with Crippen molar-refractivity contribution in [2.75, 3.05) is 26.2 Å². The van der Waals surface area contributed by atoms with Crippen LogP contribution in [-0.2, 0) is 4.79 Å². The molecule has 6 nitrogen and oxygen atoms in total. The summed E-state index contributed by atoms with van der Waals surface area (Å²) in [5.41, 5.74) is 0. The second-order valence-corrected chi connectivity index (χ2v) is 5.50. The molecular formula is C17H31KN2O4. The molecule has 0 saturated carbocycles. The monoisotopic (exact) mass is 366 g/mol. The van der Waals surface area contributed by atoms with Crippen molar-refractivity contribution in [3.8, 4) is 0 Å². The van der Waals surface area contributed by atoms with Gasteiger partial charge in [0, 0.05) is 32.2 Å². The first kappa shape index (κ1) is 26.7. The number of carbonyl (C=O) groups excluding carboxylic acids is 1. The standard InChI is InChI=1S/C17H32N2O4.K/c1-4-6-8-15(20)12-18-10-11-19(14(3)17(22)23)13-16(21)9-7-5-2;/h6-9,14-16,18,20-21H,4-5,10-13H2,1-3H3,(H,22,23);/q;+1/p-1/b8-6+,9-7+;. The van der Waals surface area contributed by atoms with Crippen LogP contribution in [0.2, 0.25) is 0 Å². The average molecular weight is 367 g/mol. The molecule has 3 unspecified atom stereocenters. The van der Waals surface area contributed by atoms with Gasteiger partial charge in [0.2, 0.25) is 0 Å². The van der Waals surface area contributed by atoms with Crippen LogP contribution in [0.15, 0.2) is 24.3 Å². The zero-order valence-electron chi connectivity index (χ0n) is 15.4. The zero-order valence-corrected chi connectivity index (χ0v) is 18.6. The van der Waals surface area contributed by atoms with Crippen LogP contribution >= 0.6 is 0 Å². The molecule has 0 aliphatic heterocycles. The smallest absolute Gasteiger partial charge is 0.548 e. The zero-order chi connectivity index (χ0) is 17.7. The average Bonchev–Trinajstić information content (AvgIpc) is 2.52. The van der Waals surface area contributed by atoms with Crippen LogP contribution in [0.3, 0.4) is 0 Å². The minimum atomic E-state index is -1.16. The fraction of sp³-hybridized carbons (Fsp3) is 0.706. The normalized spacial score (nSPS) is 15.6. The molecule has 0 heterocycles. The minimum absolute atomic E-state index is 0. The molecule has 0 saturated heterocycles. The minimum Gasteiger partial charge on any atom is -0.548 e. The number of carboxylic acid groups (broad SMARTS) is 1. The number of allylic oxidation sites excluding steroid dienone is 2. The number of carbonyl (C=O) groups is 1. The molecule has 0 fully saturated rings. The van der Waals surface area contributed by atoms with Crippen molar-refractivity contribution in [2.24, 2.45) is 0 Å². The third-order valence-corrected chi connectivity index (χ3v) is 3.43. The summed E-state index contributed by atoms with van der Waals surface area (Å²) >= 11 is 0. The van der Waals surface area contributed by atoms with Crippen LogP contribution in [-0.4, -0.2) is 65.5 Å². The van der Waals surface area contributed by atoms with Crippen molar-refractivity contribution in [3.63, 3.8) is 0 Å². The summed E-state index contributed by atoms with van der Waals surface area (Å²) in [6.45, 7) is 7.09. The fourth-order valence-corrected chi connectivity index (χ4v) is 2.02. The predicted molar refractivity (Wildman–Crippen MR) is 89.8 cm³/mol. The van der Waals surface area contributed by atoms with E-state index in [1.54, 1.807) is 24.0 Å². The quantitative estimate of drug-likeness (QED) is 0.179. The first-order valence-corrected chi connectivity index (χ1v) is 8.27. The maximum Gasteiger partial charge on any atom is 1.00 e. The number of carboxylic acids is 1. The van der Waals surface area contributed by atoms with Crippen LogP contribution in [0.5, 0.6) is 0 Å². The van der Waals surface area contributed by atoms with E-state index in [0.29, 0.717) is 19.6 Å². The largest absolute Gasteiger partial charge is 1.00 e. The van der Waals surface area contributed by atoms with Crippen molar-refractivity contribution in [3.05, 3.63) is 24.3 Å². The maximum absolute atomic E-state index is 11.1. The molecular weight excluding hydrogens is 335 g/mol. The van der Waals surface area contributed by atoms with Crippen LogP contribution in [0, 0.1) is 0 Å². The Balaban J connectivity index is 0. The van der Waals surface area contributed by atoms with Gasteiger partial charge in [-0.05, 0) is 19.8 Å². The van der Waals surface area contributed by atoms with Gasteiger partial charge in [-0.25, -0.2) is 0 Å². The third kappa shape index (κ3) is 13.7. The molecule has 3 N–H and O–H groups in total. The Kier molecular flexibility index (Phi) is 18.7. The second-order valence-electron chi connectivity index (χ2n) is 5.50. The third-order valence-electron chi connectivity index (χ3n) is 3.43. The predicted octanol–water partition coefficient (Wildman–Crippen LogP) is -3.33. The number of nitrogens with zero attached hydrogens (tertiary/aromatic N) is 1. The Bertz CT molecular complexity index is 378. The molecule has 0 radical (unpaired) electrons. The van der Waals surface area contributed by atoms with E-state index >= 15 is 0 Å². The van der Waals surface area contributed by atoms with Crippen molar-refractivity contribution < 1.29 is 71.5 Å². The van der Waals surface area contributed by atoms with E-state index in [1.165, 1.54) is 0 Å². The SMILES string of the molecule is CC/C=C/C(O)CNCCN(CC(O)/C=C/CC)C(C)C(=O)[O-].[K+]. The second kappa shape index (κ2) is 16.9. The topological polar surface area (TPSA) is 95.9 Å². The van der Waals surface area contributed by atoms with E-state index in [9.17, 15) is 20.1 Å². The number of aliphatic hydroxyl groups is 2. The number of rotatable bonds is 13. The van der Waals surface area contributed by atoms with Crippen molar-refractivity contribution in [1.29, 1.82) is 0 Å². The molecule has 0 aromatic carbocycles. The molecule has 24 heavy (non-hydrogen) atoms. The van der Waals surface area contributed by atoms with Gasteiger partial charge in [0.1, 0.15) is 0 Å². The Labute approximate surface area is 188 Å². The maximum atomic E-state index is 11.1. The molecule has 0 rings (SSSR count). The van der Waals surface area contributed by atoms with E-state index < -0.39 is 24.2 Å². The van der Waals surface area contributed by atoms with Gasteiger partial charge in [-0.15, -0.1) is 0 Å². The van der Waals surface area contributed by atoms with Crippen LogP contribution in [0.1, 0.15) is 33.6 Å². The van der Waals surface area contributed by atoms with E-state index in [-0.39, 0.29) is 57.9 Å². The van der Waals surface area contributed by atoms with Gasteiger partial charge >= 0.3 is 51.4 Å². The molecule has 0 spiro atoms. The molecule has 0 amide bonds. The van der Waals surface area contributed by atoms with Crippen molar-refractivity contribution >= 4 is 5.97 Å². The molecule has 0 aromatic heterocycles. The van der Waals surface area contributed by atoms with E-state index in [2.05, 4.69) is 5.32 Å². The number of aliphatic carboxylic acids is 1. The Hall–Kier alpha value is 0.426. The summed E-state index contributed by atoms with van der Waals surface area (Å²) in [5.74, 6) is -1.16. The molecule has 0 aromatic rings. The Morgan fingerprint density at radius 3 is 2.21 bits per heavy atom. The molecule has 0 aliphatic carbocycles. The van der Waals surface area contributed by atoms with Gasteiger partial charge < -0.3 is 25.4 Å². The molecule has 0 bridgehead atoms.